The van der Waals surface area contributed by atoms with Crippen LogP contribution in [0.4, 0.5) is 0 Å². The van der Waals surface area contributed by atoms with E-state index in [0.29, 0.717) is 41.4 Å². The van der Waals surface area contributed by atoms with Crippen molar-refractivity contribution in [1.29, 1.82) is 0 Å². The maximum atomic E-state index is 12.8. The Hall–Kier alpha value is -0.860. The van der Waals surface area contributed by atoms with Gasteiger partial charge in [0.15, 0.2) is 0 Å². The molecule has 2 nitrogen and oxygen atoms in total. The molecule has 0 saturated heterocycles. The molecule has 0 amide bonds. The molecule has 1 fully saturated rings. The van der Waals surface area contributed by atoms with Gasteiger partial charge in [0.2, 0.25) is 0 Å². The van der Waals surface area contributed by atoms with Crippen molar-refractivity contribution < 1.29 is 4.79 Å². The van der Waals surface area contributed by atoms with Crippen LogP contribution >= 0.6 is 11.6 Å². The summed E-state index contributed by atoms with van der Waals surface area (Å²) in [5, 5.41) is 0.693. The molecule has 1 aromatic rings. The molecule has 2 N–H and O–H groups in total. The minimum absolute atomic E-state index is 0.161. The van der Waals surface area contributed by atoms with Crippen molar-refractivity contribution in [2.75, 3.05) is 0 Å². The summed E-state index contributed by atoms with van der Waals surface area (Å²) in [5.74, 6) is 2.40. The van der Waals surface area contributed by atoms with Crippen LogP contribution in [0.3, 0.4) is 0 Å². The van der Waals surface area contributed by atoms with Crippen LogP contribution in [0.5, 0.6) is 0 Å². The molecule has 1 saturated carbocycles. The van der Waals surface area contributed by atoms with Gasteiger partial charge in [0.25, 0.3) is 0 Å². The first-order valence-corrected chi connectivity index (χ1v) is 9.30. The summed E-state index contributed by atoms with van der Waals surface area (Å²) in [6, 6.07) is 7.50. The van der Waals surface area contributed by atoms with E-state index in [1.54, 1.807) is 0 Å². The fraction of sp³-hybridized carbons (Fsp3) is 0.650. The number of halogens is 1. The first kappa shape index (κ1) is 18.5. The number of carbonyl (C=O) groups excluding carboxylic acids is 1. The van der Waals surface area contributed by atoms with Gasteiger partial charge in [-0.3, -0.25) is 4.79 Å². The van der Waals surface area contributed by atoms with Gasteiger partial charge in [0, 0.05) is 23.4 Å². The second kappa shape index (κ2) is 8.30. The predicted molar refractivity (Wildman–Crippen MR) is 97.5 cm³/mol. The zero-order valence-electron chi connectivity index (χ0n) is 14.6. The van der Waals surface area contributed by atoms with Crippen LogP contribution in [0, 0.1) is 23.7 Å². The topological polar surface area (TPSA) is 43.1 Å². The molecular weight excluding hydrogens is 306 g/mol. The van der Waals surface area contributed by atoms with Crippen molar-refractivity contribution in [3.05, 3.63) is 34.9 Å². The van der Waals surface area contributed by atoms with Gasteiger partial charge in [0.1, 0.15) is 5.78 Å². The predicted octanol–water partition coefficient (Wildman–Crippen LogP) is 5.40. The van der Waals surface area contributed by atoms with Crippen molar-refractivity contribution in [2.24, 2.45) is 29.4 Å². The van der Waals surface area contributed by atoms with Crippen LogP contribution in [0.15, 0.2) is 24.3 Å². The number of hydrogen-bond acceptors (Lipinski definition) is 2. The maximum Gasteiger partial charge on any atom is 0.136 e. The van der Waals surface area contributed by atoms with Gasteiger partial charge in [-0.15, -0.1) is 0 Å². The van der Waals surface area contributed by atoms with E-state index >= 15 is 0 Å². The molecule has 0 heterocycles. The number of ketones is 1. The third-order valence-corrected chi connectivity index (χ3v) is 5.79. The van der Waals surface area contributed by atoms with Crippen LogP contribution in [0.25, 0.3) is 0 Å². The molecule has 0 aromatic heterocycles. The van der Waals surface area contributed by atoms with Gasteiger partial charge in [-0.25, -0.2) is 0 Å². The van der Waals surface area contributed by atoms with Gasteiger partial charge in [0.05, 0.1) is 0 Å². The van der Waals surface area contributed by atoms with Crippen molar-refractivity contribution in [3.63, 3.8) is 0 Å². The van der Waals surface area contributed by atoms with Gasteiger partial charge < -0.3 is 5.73 Å². The first-order chi connectivity index (χ1) is 10.9. The van der Waals surface area contributed by atoms with Crippen LogP contribution in [-0.2, 0) is 4.79 Å². The Balaban J connectivity index is 1.96. The fourth-order valence-corrected chi connectivity index (χ4v) is 4.26. The molecule has 1 aliphatic carbocycles. The number of hydrogen-bond donors (Lipinski definition) is 1. The first-order valence-electron chi connectivity index (χ1n) is 8.92. The minimum Gasteiger partial charge on any atom is -0.324 e. The highest BCUT2D eigenvalue weighted by atomic mass is 35.5. The molecule has 3 heteroatoms. The summed E-state index contributed by atoms with van der Waals surface area (Å²) in [6.45, 7) is 6.76. The summed E-state index contributed by atoms with van der Waals surface area (Å²) in [5.41, 5.74) is 7.20. The zero-order chi connectivity index (χ0) is 17.0. The summed E-state index contributed by atoms with van der Waals surface area (Å²) in [4.78, 5) is 12.8. The zero-order valence-corrected chi connectivity index (χ0v) is 15.4. The average Bonchev–Trinajstić information content (AvgIpc) is 2.52. The van der Waals surface area contributed by atoms with Gasteiger partial charge >= 0.3 is 0 Å². The highest BCUT2D eigenvalue weighted by molar-refractivity contribution is 6.31. The van der Waals surface area contributed by atoms with Crippen molar-refractivity contribution in [2.45, 2.75) is 58.9 Å². The summed E-state index contributed by atoms with van der Waals surface area (Å²) >= 11 is 6.20. The monoisotopic (exact) mass is 335 g/mol. The van der Waals surface area contributed by atoms with Crippen molar-refractivity contribution in [3.8, 4) is 0 Å². The van der Waals surface area contributed by atoms with E-state index < -0.39 is 0 Å². The third kappa shape index (κ3) is 4.81. The summed E-state index contributed by atoms with van der Waals surface area (Å²) in [7, 11) is 0. The minimum atomic E-state index is -0.161. The lowest BCUT2D eigenvalue weighted by molar-refractivity contribution is -0.127. The molecule has 4 atom stereocenters. The second-order valence-corrected chi connectivity index (χ2v) is 7.97. The van der Waals surface area contributed by atoms with E-state index in [4.69, 9.17) is 17.3 Å². The molecular formula is C20H30ClNO. The Kier molecular flexibility index (Phi) is 6.67. The highest BCUT2D eigenvalue weighted by Crippen LogP contribution is 2.39. The molecule has 0 radical (unpaired) electrons. The lowest BCUT2D eigenvalue weighted by Crippen LogP contribution is -2.33. The second-order valence-electron chi connectivity index (χ2n) is 7.57. The Morgan fingerprint density at radius 2 is 2.00 bits per heavy atom. The smallest absolute Gasteiger partial charge is 0.136 e. The Labute approximate surface area is 145 Å². The highest BCUT2D eigenvalue weighted by Gasteiger charge is 2.34. The number of rotatable bonds is 6. The Morgan fingerprint density at radius 1 is 1.30 bits per heavy atom. The van der Waals surface area contributed by atoms with Crippen LogP contribution < -0.4 is 5.73 Å². The lowest BCUT2D eigenvalue weighted by atomic mass is 9.68. The van der Waals surface area contributed by atoms with Crippen LogP contribution in [-0.4, -0.2) is 5.78 Å². The average molecular weight is 336 g/mol. The molecule has 0 unspecified atom stereocenters. The van der Waals surface area contributed by atoms with E-state index in [1.807, 2.05) is 24.3 Å². The van der Waals surface area contributed by atoms with Crippen molar-refractivity contribution in [1.82, 2.24) is 0 Å². The maximum absolute atomic E-state index is 12.8. The summed E-state index contributed by atoms with van der Waals surface area (Å²) < 4.78 is 0. The fourth-order valence-electron chi connectivity index (χ4n) is 3.99. The SMILES string of the molecule is CC(C)[C@@H]1CC[C@@H](C)C[C@H]1C(=O)CC[C@@H](N)c1ccccc1Cl. The molecule has 23 heavy (non-hydrogen) atoms. The van der Waals surface area contributed by atoms with E-state index in [9.17, 15) is 4.79 Å². The summed E-state index contributed by atoms with van der Waals surface area (Å²) in [6.07, 6.45) is 4.73. The number of carbonyl (C=O) groups is 1. The van der Waals surface area contributed by atoms with E-state index in [0.717, 1.165) is 12.0 Å². The lowest BCUT2D eigenvalue weighted by Gasteiger charge is -2.36. The Morgan fingerprint density at radius 3 is 2.65 bits per heavy atom. The molecule has 0 bridgehead atoms. The number of benzene rings is 1. The van der Waals surface area contributed by atoms with Crippen molar-refractivity contribution >= 4 is 17.4 Å². The largest absolute Gasteiger partial charge is 0.324 e. The molecule has 2 rings (SSSR count). The Bertz CT molecular complexity index is 528. The van der Waals surface area contributed by atoms with E-state index in [1.165, 1.54) is 12.8 Å². The number of nitrogens with two attached hydrogens (primary N) is 1. The molecule has 1 aromatic carbocycles. The molecule has 1 aliphatic rings. The van der Waals surface area contributed by atoms with Crippen LogP contribution in [0.2, 0.25) is 5.02 Å². The van der Waals surface area contributed by atoms with Gasteiger partial charge in [-0.05, 0) is 48.6 Å². The molecule has 128 valence electrons. The van der Waals surface area contributed by atoms with Gasteiger partial charge in [-0.1, -0.05) is 57.0 Å². The third-order valence-electron chi connectivity index (χ3n) is 5.44. The van der Waals surface area contributed by atoms with Crippen LogP contribution in [0.1, 0.15) is 64.5 Å². The quantitative estimate of drug-likeness (QED) is 0.756. The van der Waals surface area contributed by atoms with Gasteiger partial charge in [-0.2, -0.15) is 0 Å². The standard InChI is InChI=1S/C20H30ClNO/c1-13(2)15-9-8-14(3)12-17(15)20(23)11-10-19(22)16-6-4-5-7-18(16)21/h4-7,13-15,17,19H,8-12,22H2,1-3H3/t14-,15+,17-,19-/m1/s1. The molecule has 0 spiro atoms. The number of Topliss-reactive ketones (excluding diaryl/α,β-unsaturated/α-hetero) is 1. The normalized spacial score (nSPS) is 26.3. The molecule has 0 aliphatic heterocycles. The van der Waals surface area contributed by atoms with E-state index in [-0.39, 0.29) is 12.0 Å². The van der Waals surface area contributed by atoms with E-state index in [2.05, 4.69) is 20.8 Å².